The van der Waals surface area contributed by atoms with Gasteiger partial charge in [-0.3, -0.25) is 0 Å². The molecule has 1 saturated carbocycles. The van der Waals surface area contributed by atoms with Crippen LogP contribution in [0.2, 0.25) is 0 Å². The Bertz CT molecular complexity index is 602. The first-order valence-electron chi connectivity index (χ1n) is 8.43. The van der Waals surface area contributed by atoms with Crippen molar-refractivity contribution >= 4 is 9.84 Å². The fraction of sp³-hybridized carbons (Fsp3) is 0.579. The monoisotopic (exact) mass is 318 g/mol. The molecule has 2 rings (SSSR count). The van der Waals surface area contributed by atoms with E-state index in [0.717, 1.165) is 44.9 Å². The van der Waals surface area contributed by atoms with E-state index in [9.17, 15) is 8.42 Å². The van der Waals surface area contributed by atoms with Gasteiger partial charge in [-0.2, -0.15) is 0 Å². The highest BCUT2D eigenvalue weighted by atomic mass is 32.2. The second-order valence-electron chi connectivity index (χ2n) is 6.10. The molecule has 0 heterocycles. The van der Waals surface area contributed by atoms with Crippen LogP contribution in [0.4, 0.5) is 0 Å². The molecule has 1 aromatic rings. The van der Waals surface area contributed by atoms with Gasteiger partial charge in [-0.05, 0) is 37.3 Å². The molecule has 0 radical (unpaired) electrons. The molecule has 0 aromatic heterocycles. The number of hydrogen-bond acceptors (Lipinski definition) is 2. The van der Waals surface area contributed by atoms with E-state index >= 15 is 0 Å². The van der Waals surface area contributed by atoms with Gasteiger partial charge < -0.3 is 0 Å². The fourth-order valence-corrected chi connectivity index (χ4v) is 4.93. The Kier molecular flexibility index (Phi) is 6.51. The quantitative estimate of drug-likeness (QED) is 0.587. The van der Waals surface area contributed by atoms with Crippen LogP contribution in [-0.2, 0) is 9.84 Å². The van der Waals surface area contributed by atoms with Gasteiger partial charge in [-0.25, -0.2) is 8.42 Å². The van der Waals surface area contributed by atoms with E-state index in [1.165, 1.54) is 6.42 Å². The molecule has 1 aliphatic rings. The third kappa shape index (κ3) is 4.36. The van der Waals surface area contributed by atoms with Gasteiger partial charge in [-0.15, -0.1) is 5.92 Å². The van der Waals surface area contributed by atoms with Crippen LogP contribution < -0.4 is 0 Å². The molecule has 120 valence electrons. The van der Waals surface area contributed by atoms with Crippen LogP contribution in [0.3, 0.4) is 0 Å². The van der Waals surface area contributed by atoms with E-state index in [2.05, 4.69) is 18.8 Å². The third-order valence-corrected chi connectivity index (χ3v) is 6.48. The maximum atomic E-state index is 13.0. The Morgan fingerprint density at radius 1 is 1.14 bits per heavy atom. The molecule has 1 aromatic carbocycles. The Morgan fingerprint density at radius 2 is 1.82 bits per heavy atom. The van der Waals surface area contributed by atoms with Crippen molar-refractivity contribution in [2.45, 2.75) is 68.4 Å². The highest BCUT2D eigenvalue weighted by Crippen LogP contribution is 2.32. The number of unbranched alkanes of at least 4 members (excludes halogenated alkanes) is 2. The molecule has 0 aliphatic heterocycles. The second-order valence-corrected chi connectivity index (χ2v) is 8.17. The first-order valence-corrected chi connectivity index (χ1v) is 9.98. The molecule has 0 N–H and O–H groups in total. The summed E-state index contributed by atoms with van der Waals surface area (Å²) in [6.45, 7) is 2.13. The zero-order chi connectivity index (χ0) is 15.8. The lowest BCUT2D eigenvalue weighted by molar-refractivity contribution is 0.363. The van der Waals surface area contributed by atoms with Crippen molar-refractivity contribution < 1.29 is 8.42 Å². The summed E-state index contributed by atoms with van der Waals surface area (Å²) in [7, 11) is -3.36. The van der Waals surface area contributed by atoms with Gasteiger partial charge >= 0.3 is 0 Å². The van der Waals surface area contributed by atoms with E-state index < -0.39 is 15.1 Å². The van der Waals surface area contributed by atoms with Gasteiger partial charge in [0, 0.05) is 6.42 Å². The van der Waals surface area contributed by atoms with E-state index in [1.807, 2.05) is 6.07 Å². The lowest BCUT2D eigenvalue weighted by atomic mass is 9.87. The van der Waals surface area contributed by atoms with Gasteiger partial charge in [0.15, 0.2) is 9.84 Å². The van der Waals surface area contributed by atoms with Gasteiger partial charge in [0.25, 0.3) is 0 Å². The summed E-state index contributed by atoms with van der Waals surface area (Å²) in [6, 6.07) is 8.81. The predicted octanol–water partition coefficient (Wildman–Crippen LogP) is 4.60. The third-order valence-electron chi connectivity index (χ3n) is 4.38. The van der Waals surface area contributed by atoms with E-state index in [0.29, 0.717) is 4.90 Å². The summed E-state index contributed by atoms with van der Waals surface area (Å²) in [5.74, 6) is 6.44. The summed E-state index contributed by atoms with van der Waals surface area (Å²) in [5, 5.41) is -0.535. The summed E-state index contributed by atoms with van der Waals surface area (Å²) < 4.78 is 26.0. The Balaban J connectivity index is 2.27. The lowest BCUT2D eigenvalue weighted by Gasteiger charge is -2.26. The molecule has 2 nitrogen and oxygen atoms in total. The van der Waals surface area contributed by atoms with Crippen molar-refractivity contribution in [1.82, 2.24) is 0 Å². The van der Waals surface area contributed by atoms with E-state index in [4.69, 9.17) is 0 Å². The molecule has 0 spiro atoms. The second kappa shape index (κ2) is 8.39. The Labute approximate surface area is 135 Å². The maximum absolute atomic E-state index is 13.0. The average molecular weight is 318 g/mol. The van der Waals surface area contributed by atoms with Crippen LogP contribution >= 0.6 is 0 Å². The van der Waals surface area contributed by atoms with Gasteiger partial charge in [0.1, 0.15) is 5.25 Å². The molecule has 0 bridgehead atoms. The van der Waals surface area contributed by atoms with Crippen LogP contribution in [0.1, 0.15) is 58.3 Å². The van der Waals surface area contributed by atoms with Crippen LogP contribution in [-0.4, -0.2) is 13.7 Å². The fourth-order valence-electron chi connectivity index (χ4n) is 3.08. The molecule has 0 saturated heterocycles. The average Bonchev–Trinajstić information content (AvgIpc) is 2.56. The molecule has 1 unspecified atom stereocenters. The number of hydrogen-bond donors (Lipinski definition) is 0. The van der Waals surface area contributed by atoms with Crippen molar-refractivity contribution in [3.8, 4) is 11.8 Å². The summed E-state index contributed by atoms with van der Waals surface area (Å²) >= 11 is 0. The summed E-state index contributed by atoms with van der Waals surface area (Å²) in [4.78, 5) is 0.412. The Morgan fingerprint density at radius 3 is 2.45 bits per heavy atom. The molecular weight excluding hydrogens is 292 g/mol. The predicted molar refractivity (Wildman–Crippen MR) is 91.3 cm³/mol. The molecular formula is C19H26O2S. The number of benzene rings is 1. The number of rotatable bonds is 5. The molecule has 0 amide bonds. The van der Waals surface area contributed by atoms with Crippen LogP contribution in [0, 0.1) is 17.8 Å². The standard InChI is InChI=1S/C19H26O2S/c1-2-3-4-11-16-19(17-12-7-5-8-13-17)22(20,21)18-14-9-6-10-15-18/h6,9-10,14-15,17,19H,2-5,7-8,12-13H2,1H3. The molecule has 1 fully saturated rings. The SMILES string of the molecule is CCCCC#CC(C1CCCCC1)S(=O)(=O)c1ccccc1. The van der Waals surface area contributed by atoms with Crippen LogP contribution in [0.5, 0.6) is 0 Å². The molecule has 22 heavy (non-hydrogen) atoms. The van der Waals surface area contributed by atoms with Crippen molar-refractivity contribution in [2.24, 2.45) is 5.92 Å². The first kappa shape index (κ1) is 17.1. The normalized spacial score (nSPS) is 17.5. The minimum Gasteiger partial charge on any atom is -0.222 e. The van der Waals surface area contributed by atoms with Crippen molar-refractivity contribution in [1.29, 1.82) is 0 Å². The van der Waals surface area contributed by atoms with Crippen LogP contribution in [0.25, 0.3) is 0 Å². The Hall–Kier alpha value is -1.27. The van der Waals surface area contributed by atoms with Gasteiger partial charge in [0.05, 0.1) is 4.90 Å². The highest BCUT2D eigenvalue weighted by molar-refractivity contribution is 7.92. The topological polar surface area (TPSA) is 34.1 Å². The van der Waals surface area contributed by atoms with Crippen molar-refractivity contribution in [2.75, 3.05) is 0 Å². The smallest absolute Gasteiger partial charge is 0.192 e. The largest absolute Gasteiger partial charge is 0.222 e. The zero-order valence-electron chi connectivity index (χ0n) is 13.4. The number of sulfone groups is 1. The van der Waals surface area contributed by atoms with Crippen LogP contribution in [0.15, 0.2) is 35.2 Å². The summed E-state index contributed by atoms with van der Waals surface area (Å²) in [6.07, 6.45) is 8.37. The van der Waals surface area contributed by atoms with Gasteiger partial charge in [0.2, 0.25) is 0 Å². The van der Waals surface area contributed by atoms with Gasteiger partial charge in [-0.1, -0.05) is 56.7 Å². The summed E-state index contributed by atoms with van der Waals surface area (Å²) in [5.41, 5.74) is 0. The van der Waals surface area contributed by atoms with E-state index in [1.54, 1.807) is 24.3 Å². The van der Waals surface area contributed by atoms with Crippen molar-refractivity contribution in [3.63, 3.8) is 0 Å². The van der Waals surface area contributed by atoms with E-state index in [-0.39, 0.29) is 5.92 Å². The highest BCUT2D eigenvalue weighted by Gasteiger charge is 2.33. The molecule has 3 heteroatoms. The minimum atomic E-state index is -3.36. The molecule has 1 aliphatic carbocycles. The molecule has 1 atom stereocenters. The lowest BCUT2D eigenvalue weighted by Crippen LogP contribution is -2.30. The maximum Gasteiger partial charge on any atom is 0.192 e. The van der Waals surface area contributed by atoms with Crippen molar-refractivity contribution in [3.05, 3.63) is 30.3 Å². The zero-order valence-corrected chi connectivity index (χ0v) is 14.2. The minimum absolute atomic E-state index is 0.188. The first-order chi connectivity index (χ1) is 10.7.